The number of nitrogens with two attached hydrogens (primary N) is 1. The van der Waals surface area contributed by atoms with Crippen molar-refractivity contribution in [1.82, 2.24) is 5.32 Å². The van der Waals surface area contributed by atoms with Gasteiger partial charge in [0.2, 0.25) is 0 Å². The molecule has 0 bridgehead atoms. The fourth-order valence-corrected chi connectivity index (χ4v) is 2.17. The Labute approximate surface area is 113 Å². The minimum Gasteiger partial charge on any atom is -0.398 e. The standard InChI is InChI=1S/C16H19FN2/c1-11-7-13(8-12(2)16(11)17)9-19-10-14-5-3-4-6-15(14)18/h3-8,19H,9-10,18H2,1-2H3. The molecular weight excluding hydrogens is 239 g/mol. The number of aryl methyl sites for hydroxylation is 2. The van der Waals surface area contributed by atoms with Crippen molar-refractivity contribution in [3.05, 3.63) is 64.5 Å². The van der Waals surface area contributed by atoms with Gasteiger partial charge in [-0.25, -0.2) is 4.39 Å². The third-order valence-electron chi connectivity index (χ3n) is 3.20. The molecule has 2 nitrogen and oxygen atoms in total. The molecule has 2 aromatic carbocycles. The van der Waals surface area contributed by atoms with Crippen LogP contribution in [0.1, 0.15) is 22.3 Å². The van der Waals surface area contributed by atoms with Crippen molar-refractivity contribution in [1.29, 1.82) is 0 Å². The van der Waals surface area contributed by atoms with Gasteiger partial charge in [0.15, 0.2) is 0 Å². The molecule has 0 amide bonds. The first-order chi connectivity index (χ1) is 9.08. The van der Waals surface area contributed by atoms with E-state index in [0.29, 0.717) is 24.2 Å². The Bertz CT molecular complexity index is 556. The van der Waals surface area contributed by atoms with Gasteiger partial charge in [-0.2, -0.15) is 0 Å². The highest BCUT2D eigenvalue weighted by Gasteiger charge is 2.04. The molecule has 0 aromatic heterocycles. The maximum atomic E-state index is 13.5. The maximum absolute atomic E-state index is 13.5. The quantitative estimate of drug-likeness (QED) is 0.826. The molecular formula is C16H19FN2. The van der Waals surface area contributed by atoms with Crippen molar-refractivity contribution < 1.29 is 4.39 Å². The Morgan fingerprint density at radius 1 is 1.05 bits per heavy atom. The molecule has 0 aliphatic rings. The molecule has 0 unspecified atom stereocenters. The Kier molecular flexibility index (Phi) is 4.17. The van der Waals surface area contributed by atoms with E-state index in [0.717, 1.165) is 16.8 Å². The highest BCUT2D eigenvalue weighted by atomic mass is 19.1. The summed E-state index contributed by atoms with van der Waals surface area (Å²) in [6.45, 7) is 5.00. The summed E-state index contributed by atoms with van der Waals surface area (Å²) < 4.78 is 13.5. The van der Waals surface area contributed by atoms with Crippen LogP contribution in [-0.4, -0.2) is 0 Å². The average molecular weight is 258 g/mol. The van der Waals surface area contributed by atoms with Crippen LogP contribution in [0.15, 0.2) is 36.4 Å². The van der Waals surface area contributed by atoms with E-state index in [1.54, 1.807) is 13.8 Å². The fourth-order valence-electron chi connectivity index (χ4n) is 2.17. The van der Waals surface area contributed by atoms with E-state index in [2.05, 4.69) is 5.32 Å². The van der Waals surface area contributed by atoms with Gasteiger partial charge >= 0.3 is 0 Å². The zero-order valence-corrected chi connectivity index (χ0v) is 11.3. The fraction of sp³-hybridized carbons (Fsp3) is 0.250. The monoisotopic (exact) mass is 258 g/mol. The van der Waals surface area contributed by atoms with Gasteiger partial charge in [-0.3, -0.25) is 0 Å². The number of benzene rings is 2. The van der Waals surface area contributed by atoms with E-state index in [1.807, 2.05) is 36.4 Å². The van der Waals surface area contributed by atoms with E-state index >= 15 is 0 Å². The SMILES string of the molecule is Cc1cc(CNCc2ccccc2N)cc(C)c1F. The lowest BCUT2D eigenvalue weighted by molar-refractivity contribution is 0.606. The molecule has 0 aliphatic heterocycles. The van der Waals surface area contributed by atoms with Crippen molar-refractivity contribution in [3.8, 4) is 0 Å². The van der Waals surface area contributed by atoms with Gasteiger partial charge < -0.3 is 11.1 Å². The van der Waals surface area contributed by atoms with Crippen LogP contribution in [0.4, 0.5) is 10.1 Å². The molecule has 19 heavy (non-hydrogen) atoms. The molecule has 0 saturated heterocycles. The molecule has 0 atom stereocenters. The molecule has 0 heterocycles. The Morgan fingerprint density at radius 3 is 2.32 bits per heavy atom. The van der Waals surface area contributed by atoms with E-state index in [-0.39, 0.29) is 5.82 Å². The van der Waals surface area contributed by atoms with Gasteiger partial charge in [-0.1, -0.05) is 30.3 Å². The summed E-state index contributed by atoms with van der Waals surface area (Å²) >= 11 is 0. The van der Waals surface area contributed by atoms with Gasteiger partial charge in [0.1, 0.15) is 5.82 Å². The number of nitrogen functional groups attached to an aromatic ring is 1. The molecule has 100 valence electrons. The van der Waals surface area contributed by atoms with Crippen LogP contribution in [0.25, 0.3) is 0 Å². The van der Waals surface area contributed by atoms with Crippen LogP contribution < -0.4 is 11.1 Å². The molecule has 0 aliphatic carbocycles. The number of halogens is 1. The van der Waals surface area contributed by atoms with Crippen LogP contribution in [-0.2, 0) is 13.1 Å². The normalized spacial score (nSPS) is 10.7. The third kappa shape index (κ3) is 3.32. The zero-order chi connectivity index (χ0) is 13.8. The number of anilines is 1. The summed E-state index contributed by atoms with van der Waals surface area (Å²) in [5.41, 5.74) is 10.2. The van der Waals surface area contributed by atoms with Crippen LogP contribution in [0.5, 0.6) is 0 Å². The van der Waals surface area contributed by atoms with Gasteiger partial charge in [-0.15, -0.1) is 0 Å². The molecule has 0 fully saturated rings. The zero-order valence-electron chi connectivity index (χ0n) is 11.3. The van der Waals surface area contributed by atoms with Gasteiger partial charge in [-0.05, 0) is 42.2 Å². The van der Waals surface area contributed by atoms with Crippen molar-refractivity contribution in [2.24, 2.45) is 0 Å². The smallest absolute Gasteiger partial charge is 0.129 e. The number of nitrogens with one attached hydrogen (secondary N) is 1. The first-order valence-corrected chi connectivity index (χ1v) is 6.37. The van der Waals surface area contributed by atoms with E-state index < -0.39 is 0 Å². The van der Waals surface area contributed by atoms with Gasteiger partial charge in [0.05, 0.1) is 0 Å². The summed E-state index contributed by atoms with van der Waals surface area (Å²) in [7, 11) is 0. The lowest BCUT2D eigenvalue weighted by atomic mass is 10.1. The third-order valence-corrected chi connectivity index (χ3v) is 3.20. The number of para-hydroxylation sites is 1. The molecule has 2 aromatic rings. The maximum Gasteiger partial charge on any atom is 0.129 e. The second-order valence-electron chi connectivity index (χ2n) is 4.85. The van der Waals surface area contributed by atoms with Crippen molar-refractivity contribution in [3.63, 3.8) is 0 Å². The van der Waals surface area contributed by atoms with Crippen LogP contribution in [0.2, 0.25) is 0 Å². The molecule has 0 saturated carbocycles. The van der Waals surface area contributed by atoms with E-state index in [4.69, 9.17) is 5.73 Å². The molecule has 2 rings (SSSR count). The summed E-state index contributed by atoms with van der Waals surface area (Å²) in [5.74, 6) is -0.115. The van der Waals surface area contributed by atoms with Gasteiger partial charge in [0.25, 0.3) is 0 Å². The molecule has 3 N–H and O–H groups in total. The predicted molar refractivity (Wildman–Crippen MR) is 77.3 cm³/mol. The van der Waals surface area contributed by atoms with E-state index in [9.17, 15) is 4.39 Å². The molecule has 3 heteroatoms. The molecule has 0 spiro atoms. The van der Waals surface area contributed by atoms with E-state index in [1.165, 1.54) is 0 Å². The Balaban J connectivity index is 1.98. The number of hydrogen-bond acceptors (Lipinski definition) is 2. The predicted octanol–water partition coefficient (Wildman–Crippen LogP) is 3.31. The summed E-state index contributed by atoms with van der Waals surface area (Å²) in [4.78, 5) is 0. The summed E-state index contributed by atoms with van der Waals surface area (Å²) in [6.07, 6.45) is 0. The highest BCUT2D eigenvalue weighted by molar-refractivity contribution is 5.46. The second kappa shape index (κ2) is 5.85. The summed E-state index contributed by atoms with van der Waals surface area (Å²) in [5, 5.41) is 3.33. The molecule has 0 radical (unpaired) electrons. The topological polar surface area (TPSA) is 38.0 Å². The van der Waals surface area contributed by atoms with Gasteiger partial charge in [0, 0.05) is 18.8 Å². The van der Waals surface area contributed by atoms with Crippen LogP contribution in [0, 0.1) is 19.7 Å². The number of hydrogen-bond donors (Lipinski definition) is 2. The van der Waals surface area contributed by atoms with Crippen molar-refractivity contribution in [2.75, 3.05) is 5.73 Å². The highest BCUT2D eigenvalue weighted by Crippen LogP contribution is 2.15. The Morgan fingerprint density at radius 2 is 1.68 bits per heavy atom. The van der Waals surface area contributed by atoms with Crippen molar-refractivity contribution in [2.45, 2.75) is 26.9 Å². The Hall–Kier alpha value is -1.87. The minimum atomic E-state index is -0.115. The minimum absolute atomic E-state index is 0.115. The van der Waals surface area contributed by atoms with Crippen LogP contribution in [0.3, 0.4) is 0 Å². The first-order valence-electron chi connectivity index (χ1n) is 6.37. The van der Waals surface area contributed by atoms with Crippen LogP contribution >= 0.6 is 0 Å². The van der Waals surface area contributed by atoms with Crippen molar-refractivity contribution >= 4 is 5.69 Å². The lowest BCUT2D eigenvalue weighted by Crippen LogP contribution is -2.14. The largest absolute Gasteiger partial charge is 0.398 e. The second-order valence-corrected chi connectivity index (χ2v) is 4.85. The number of rotatable bonds is 4. The first kappa shape index (κ1) is 13.6. The average Bonchev–Trinajstić information content (AvgIpc) is 2.38. The lowest BCUT2D eigenvalue weighted by Gasteiger charge is -2.09. The summed E-state index contributed by atoms with van der Waals surface area (Å²) in [6, 6.07) is 11.5.